The Bertz CT molecular complexity index is 1670. The molecule has 9 heteroatoms. The Kier molecular flexibility index (Phi) is 4.54. The van der Waals surface area contributed by atoms with E-state index in [0.717, 1.165) is 5.01 Å². The molecule has 3 aromatic carbocycles. The molecule has 1 aromatic heterocycles. The predicted octanol–water partition coefficient (Wildman–Crippen LogP) is 3.32. The van der Waals surface area contributed by atoms with Crippen molar-refractivity contribution in [3.63, 3.8) is 0 Å². The molecule has 166 valence electrons. The molecule has 0 fully saturated rings. The van der Waals surface area contributed by atoms with Crippen molar-refractivity contribution in [2.75, 3.05) is 5.01 Å². The summed E-state index contributed by atoms with van der Waals surface area (Å²) in [5.41, 5.74) is 3.11. The highest BCUT2D eigenvalue weighted by molar-refractivity contribution is 7.86. The van der Waals surface area contributed by atoms with Gasteiger partial charge in [-0.3, -0.25) is 19.2 Å². The van der Waals surface area contributed by atoms with Crippen molar-refractivity contribution in [1.82, 2.24) is 4.57 Å². The van der Waals surface area contributed by atoms with Gasteiger partial charge in [-0.25, -0.2) is 5.84 Å². The topological polar surface area (TPSA) is 123 Å². The number of ketones is 1. The van der Waals surface area contributed by atoms with Crippen LogP contribution in [-0.4, -0.2) is 23.3 Å². The second kappa shape index (κ2) is 7.11. The van der Waals surface area contributed by atoms with Gasteiger partial charge in [0.25, 0.3) is 15.7 Å². The minimum absolute atomic E-state index is 0.0109. The second-order valence-corrected chi connectivity index (χ2v) is 9.39. The number of hydrogen-bond acceptors (Lipinski definition) is 6. The number of nitrogens with zero attached hydrogens (tertiary/aromatic N) is 2. The molecule has 0 unspecified atom stereocenters. The van der Waals surface area contributed by atoms with Crippen molar-refractivity contribution in [1.29, 1.82) is 0 Å². The number of carbonyl (C=O) groups is 1. The van der Waals surface area contributed by atoms with Crippen LogP contribution in [0.1, 0.15) is 21.5 Å². The summed E-state index contributed by atoms with van der Waals surface area (Å²) in [4.78, 5) is 25.9. The summed E-state index contributed by atoms with van der Waals surface area (Å²) in [6, 6.07) is 16.2. The number of nitrogens with two attached hydrogens (primary N) is 1. The third-order valence-corrected chi connectivity index (χ3v) is 6.87. The first-order chi connectivity index (χ1) is 15.6. The van der Waals surface area contributed by atoms with Gasteiger partial charge < -0.3 is 4.57 Å². The molecule has 0 aliphatic heterocycles. The standard InChI is InChI=1S/C24H19N3O5S/c1-13-7-8-17(20(11-13)33(30,31)32)27(25)19-10-9-18-22-16(12-21(28)26(18)2)14-5-3-4-6-15(14)24(29)23(19)22/h3-12H,25H2,1-2H3,(H,30,31,32). The van der Waals surface area contributed by atoms with E-state index in [4.69, 9.17) is 5.84 Å². The molecule has 1 heterocycles. The summed E-state index contributed by atoms with van der Waals surface area (Å²) in [5, 5.41) is 1.63. The summed E-state index contributed by atoms with van der Waals surface area (Å²) in [6.45, 7) is 1.69. The summed E-state index contributed by atoms with van der Waals surface area (Å²) in [7, 11) is -2.97. The molecule has 5 rings (SSSR count). The number of carbonyl (C=O) groups excluding carboxylic acids is 1. The molecule has 0 amide bonds. The molecule has 4 aromatic rings. The lowest BCUT2D eigenvalue weighted by Gasteiger charge is -2.28. The van der Waals surface area contributed by atoms with Gasteiger partial charge in [0.15, 0.2) is 5.78 Å². The van der Waals surface area contributed by atoms with Crippen LogP contribution >= 0.6 is 0 Å². The van der Waals surface area contributed by atoms with Gasteiger partial charge in [-0.1, -0.05) is 30.3 Å². The van der Waals surface area contributed by atoms with Crippen molar-refractivity contribution < 1.29 is 17.8 Å². The number of aryl methyl sites for hydroxylation is 2. The number of aromatic nitrogens is 1. The summed E-state index contributed by atoms with van der Waals surface area (Å²) < 4.78 is 35.3. The normalized spacial score (nSPS) is 12.7. The number of anilines is 2. The van der Waals surface area contributed by atoms with E-state index in [-0.39, 0.29) is 33.2 Å². The predicted molar refractivity (Wildman–Crippen MR) is 125 cm³/mol. The van der Waals surface area contributed by atoms with Gasteiger partial charge in [0, 0.05) is 24.1 Å². The van der Waals surface area contributed by atoms with Crippen molar-refractivity contribution in [2.24, 2.45) is 12.9 Å². The Morgan fingerprint density at radius 3 is 2.27 bits per heavy atom. The van der Waals surface area contributed by atoms with Gasteiger partial charge in [0.05, 0.1) is 22.5 Å². The van der Waals surface area contributed by atoms with Gasteiger partial charge in [-0.05, 0) is 47.9 Å². The minimum Gasteiger partial charge on any atom is -0.311 e. The minimum atomic E-state index is -4.59. The summed E-state index contributed by atoms with van der Waals surface area (Å²) in [5.74, 6) is 6.09. The van der Waals surface area contributed by atoms with E-state index in [1.165, 1.54) is 22.8 Å². The van der Waals surface area contributed by atoms with Gasteiger partial charge >= 0.3 is 0 Å². The van der Waals surface area contributed by atoms with Crippen LogP contribution in [0.5, 0.6) is 0 Å². The largest absolute Gasteiger partial charge is 0.311 e. The molecule has 0 saturated carbocycles. The van der Waals surface area contributed by atoms with Crippen LogP contribution in [0.4, 0.5) is 11.4 Å². The number of hydrazine groups is 1. The molecule has 8 nitrogen and oxygen atoms in total. The van der Waals surface area contributed by atoms with Crippen LogP contribution < -0.4 is 16.4 Å². The molecular formula is C24H19N3O5S. The smallest absolute Gasteiger partial charge is 0.296 e. The Hall–Kier alpha value is -3.79. The van der Waals surface area contributed by atoms with Crippen LogP contribution in [0.25, 0.3) is 22.0 Å². The van der Waals surface area contributed by atoms with Gasteiger partial charge in [-0.15, -0.1) is 0 Å². The van der Waals surface area contributed by atoms with E-state index in [2.05, 4.69) is 0 Å². The van der Waals surface area contributed by atoms with Crippen molar-refractivity contribution in [2.45, 2.75) is 11.8 Å². The number of rotatable bonds is 3. The molecule has 1 aliphatic rings. The number of pyridine rings is 1. The fourth-order valence-corrected chi connectivity index (χ4v) is 5.16. The van der Waals surface area contributed by atoms with E-state index >= 15 is 0 Å². The fraction of sp³-hybridized carbons (Fsp3) is 0.0833. The first kappa shape index (κ1) is 21.1. The fourth-order valence-electron chi connectivity index (χ4n) is 4.39. The van der Waals surface area contributed by atoms with Gasteiger partial charge in [0.2, 0.25) is 0 Å². The quantitative estimate of drug-likeness (QED) is 0.240. The molecule has 33 heavy (non-hydrogen) atoms. The highest BCUT2D eigenvalue weighted by atomic mass is 32.2. The SMILES string of the molecule is Cc1ccc(N(N)c2ccc3c4c(cc(=O)n3C)-c3ccccc3C(=O)c24)c(S(=O)(=O)O)c1. The monoisotopic (exact) mass is 461 g/mol. The number of benzene rings is 3. The maximum atomic E-state index is 13.6. The van der Waals surface area contributed by atoms with E-state index in [1.54, 1.807) is 56.4 Å². The molecule has 1 aliphatic carbocycles. The zero-order valence-electron chi connectivity index (χ0n) is 17.7. The van der Waals surface area contributed by atoms with Crippen molar-refractivity contribution in [3.8, 4) is 11.1 Å². The first-order valence-electron chi connectivity index (χ1n) is 10.0. The van der Waals surface area contributed by atoms with E-state index < -0.39 is 10.1 Å². The molecule has 0 saturated heterocycles. The highest BCUT2D eigenvalue weighted by Gasteiger charge is 2.31. The third kappa shape index (κ3) is 3.09. The van der Waals surface area contributed by atoms with E-state index in [1.807, 2.05) is 0 Å². The van der Waals surface area contributed by atoms with Gasteiger partial charge in [0.1, 0.15) is 4.90 Å². The zero-order valence-corrected chi connectivity index (χ0v) is 18.6. The zero-order chi connectivity index (χ0) is 23.7. The molecule has 0 radical (unpaired) electrons. The Balaban J connectivity index is 1.88. The van der Waals surface area contributed by atoms with Crippen molar-refractivity contribution in [3.05, 3.63) is 87.7 Å². The lowest BCUT2D eigenvalue weighted by molar-refractivity contribution is 0.104. The Morgan fingerprint density at radius 1 is 0.909 bits per heavy atom. The van der Waals surface area contributed by atoms with Crippen LogP contribution in [0, 0.1) is 6.92 Å². The number of fused-ring (bicyclic) bond motifs is 2. The molecule has 3 N–H and O–H groups in total. The molecular weight excluding hydrogens is 442 g/mol. The maximum absolute atomic E-state index is 13.6. The van der Waals surface area contributed by atoms with Crippen LogP contribution in [0.2, 0.25) is 0 Å². The van der Waals surface area contributed by atoms with Crippen LogP contribution in [-0.2, 0) is 17.2 Å². The second-order valence-electron chi connectivity index (χ2n) is 8.00. The van der Waals surface area contributed by atoms with E-state index in [9.17, 15) is 22.6 Å². The van der Waals surface area contributed by atoms with Crippen LogP contribution in [0.15, 0.2) is 70.4 Å². The van der Waals surface area contributed by atoms with Gasteiger partial charge in [-0.2, -0.15) is 8.42 Å². The Morgan fingerprint density at radius 2 is 1.58 bits per heavy atom. The number of hydrogen-bond donors (Lipinski definition) is 2. The summed E-state index contributed by atoms with van der Waals surface area (Å²) in [6.07, 6.45) is 0. The molecule has 0 atom stereocenters. The third-order valence-electron chi connectivity index (χ3n) is 5.99. The first-order valence-corrected chi connectivity index (χ1v) is 11.5. The molecule has 0 bridgehead atoms. The van der Waals surface area contributed by atoms with Crippen molar-refractivity contribution >= 4 is 38.2 Å². The van der Waals surface area contributed by atoms with E-state index in [0.29, 0.717) is 33.2 Å². The molecule has 0 spiro atoms. The lowest BCUT2D eigenvalue weighted by Crippen LogP contribution is -2.30. The van der Waals surface area contributed by atoms with Crippen LogP contribution in [0.3, 0.4) is 0 Å². The average Bonchev–Trinajstić information content (AvgIpc) is 2.78. The average molecular weight is 461 g/mol. The lowest BCUT2D eigenvalue weighted by atomic mass is 9.83. The maximum Gasteiger partial charge on any atom is 0.296 e. The Labute approximate surface area is 189 Å². The summed E-state index contributed by atoms with van der Waals surface area (Å²) >= 11 is 0. The highest BCUT2D eigenvalue weighted by Crippen LogP contribution is 2.43.